The fourth-order valence-corrected chi connectivity index (χ4v) is 23.1. The predicted octanol–water partition coefficient (Wildman–Crippen LogP) is -0.643. The first kappa shape index (κ1) is 104. The van der Waals surface area contributed by atoms with Crippen LogP contribution < -0.4 is 33.8 Å². The third-order valence-corrected chi connectivity index (χ3v) is 28.4. The van der Waals surface area contributed by atoms with Gasteiger partial charge in [-0.15, -0.1) is 0 Å². The number of rotatable bonds is 8. The summed E-state index contributed by atoms with van der Waals surface area (Å²) in [6.07, 6.45) is 14.4. The van der Waals surface area contributed by atoms with E-state index < -0.39 is 134 Å². The summed E-state index contributed by atoms with van der Waals surface area (Å²) in [6.45, 7) is 0. The molecule has 0 bridgehead atoms. The largest absolute Gasteiger partial charge is 2.00 e. The molecule has 0 aliphatic carbocycles. The van der Waals surface area contributed by atoms with Crippen LogP contribution in [0.5, 0.6) is 0 Å². The Morgan fingerprint density at radius 1 is 0.212 bits per heavy atom. The Kier molecular flexibility index (Phi) is 39.6. The van der Waals surface area contributed by atoms with E-state index in [1.165, 1.54) is 48.5 Å². The standard InChI is InChI=1S/4C12H8N2.4C6H7AsO6S.4Mn.2H2O/c4*1-3-9-5-6-10-4-2-8-14-12(10)11(9)13-7-1;4*8-7(9,10)5-3-1-2-4-6(5)14(11,12)13;;;;;;/h4*1-8H;4*1-4H,(H2,8,9,10)(H,11,12,13);;;;;2*1H2/q;;;;;;;;4*+2;;/p-6. The molecule has 4 unspecified atom stereocenters. The second-order valence-electron chi connectivity index (χ2n) is 22.6. The normalized spacial score (nSPS) is 12.8. The molecule has 16 aromatic rings. The molecule has 34 nitrogen and oxygen atoms in total. The van der Waals surface area contributed by atoms with Gasteiger partial charge in [-0.25, -0.2) is 0 Å². The summed E-state index contributed by atoms with van der Waals surface area (Å²) in [5, 5.41) is 9.10. The van der Waals surface area contributed by atoms with E-state index in [1.54, 1.807) is 49.6 Å². The van der Waals surface area contributed by atoms with Crippen molar-refractivity contribution in [3.63, 3.8) is 0 Å². The van der Waals surface area contributed by atoms with Crippen LogP contribution in [0.15, 0.2) is 312 Å². The number of benzene rings is 8. The fraction of sp³-hybridized carbons (Fsp3) is 0. The molecule has 0 amide bonds. The maximum Gasteiger partial charge on any atom is 2.00 e. The Balaban J connectivity index is 0.000000346. The molecule has 4 radical (unpaired) electrons. The Labute approximate surface area is 724 Å². The van der Waals surface area contributed by atoms with Crippen molar-refractivity contribution in [2.45, 2.75) is 19.6 Å². The first-order valence-corrected chi connectivity index (χ1v) is 50.3. The number of hydrogen-bond acceptors (Lipinski definition) is 28. The molecule has 0 saturated heterocycles. The summed E-state index contributed by atoms with van der Waals surface area (Å²) in [5.74, 6) is 0. The van der Waals surface area contributed by atoms with Gasteiger partial charge < -0.3 is 11.0 Å². The van der Waals surface area contributed by atoms with Gasteiger partial charge >= 0.3 is 399 Å². The van der Waals surface area contributed by atoms with E-state index in [0.717, 1.165) is 136 Å². The molecule has 4 atom stereocenters. The van der Waals surface area contributed by atoms with Crippen molar-refractivity contribution in [3.05, 3.63) is 292 Å². The number of nitrogens with zero attached hydrogens (tertiary/aromatic N) is 8. The minimum absolute atomic E-state index is 0. The predicted molar refractivity (Wildman–Crippen MR) is 409 cm³/mol. The molecule has 0 spiro atoms. The van der Waals surface area contributed by atoms with Crippen LogP contribution in [0.25, 0.3) is 87.2 Å². The summed E-state index contributed by atoms with van der Waals surface area (Å²) in [5.41, 5.74) is 7.82. The third kappa shape index (κ3) is 28.5. The monoisotopic (exact) mass is 2100 g/mol. The number of fused-ring (bicyclic) bond motifs is 12. The Morgan fingerprint density at radius 2 is 0.331 bits per heavy atom. The Bertz CT molecular complexity index is 5840. The molecule has 16 rings (SSSR count). The van der Waals surface area contributed by atoms with Crippen molar-refractivity contribution < 1.29 is 179 Å². The Morgan fingerprint density at radius 3 is 0.432 bits per heavy atom. The van der Waals surface area contributed by atoms with E-state index >= 15 is 0 Å². The van der Waals surface area contributed by atoms with Gasteiger partial charge in [-0.05, 0) is 48.5 Å². The number of pyridine rings is 8. The van der Waals surface area contributed by atoms with Gasteiger partial charge in [-0.2, -0.15) is 0 Å². The first-order chi connectivity index (χ1) is 52.7. The molecule has 10 N–H and O–H groups in total. The molecule has 8 heterocycles. The van der Waals surface area contributed by atoms with Gasteiger partial charge in [0.1, 0.15) is 0 Å². The van der Waals surface area contributed by atoms with Crippen molar-refractivity contribution in [1.82, 2.24) is 39.9 Å². The smallest absolute Gasteiger partial charge is 0.457 e. The SMILES string of the molecule is O=S(=O)([O-])c1ccccc1[As](=O)([O-])O.O=S(=O)([O-])c1ccccc1[As](=O)([O-])O.O=S(=O)([O-])c1ccccc1[As](=O)([O-])O.O=S(=O)([O-])c1ccccc1[As](=O)([O-])O.[Mn+2].[Mn+2].[Mn+2].[Mn+2].[OH3+].[OH3+].c1cnc2c(c1)ccc1cccnc12.c1cnc2c(c1)ccc1cccnc12.c1cnc2c(c1)ccc1cccnc12.c1cnc2c(c1)ccc1cccnc12. The molecular formula is C72H58As4Mn4N8O26S4+2. The Hall–Kier alpha value is -8.21. The van der Waals surface area contributed by atoms with Gasteiger partial charge in [0.25, 0.3) is 0 Å². The summed E-state index contributed by atoms with van der Waals surface area (Å²) >= 11 is -22.4. The van der Waals surface area contributed by atoms with E-state index in [-0.39, 0.29) is 79.2 Å². The van der Waals surface area contributed by atoms with Crippen molar-refractivity contribution in [1.29, 1.82) is 0 Å². The van der Waals surface area contributed by atoms with Crippen LogP contribution in [-0.2, 0) is 135 Å². The van der Waals surface area contributed by atoms with Crippen LogP contribution in [0.2, 0.25) is 0 Å². The van der Waals surface area contributed by atoms with E-state index in [0.29, 0.717) is 0 Å². The summed E-state index contributed by atoms with van der Waals surface area (Å²) < 4.78 is 244. The van der Waals surface area contributed by atoms with Gasteiger partial charge in [0, 0.05) is 92.7 Å². The van der Waals surface area contributed by atoms with E-state index in [9.17, 15) is 83.2 Å². The molecule has 0 fully saturated rings. The van der Waals surface area contributed by atoms with E-state index in [2.05, 4.69) is 137 Å². The number of aromatic nitrogens is 8. The average Bonchev–Trinajstić information content (AvgIpc) is 0.802. The average molecular weight is 2100 g/mol. The summed E-state index contributed by atoms with van der Waals surface area (Å²) in [7, 11) is -19.5. The minimum Gasteiger partial charge on any atom is -0.457 e. The van der Waals surface area contributed by atoms with E-state index in [4.69, 9.17) is 16.4 Å². The second kappa shape index (κ2) is 44.9. The van der Waals surface area contributed by atoms with Crippen molar-refractivity contribution in [2.24, 2.45) is 0 Å². The van der Waals surface area contributed by atoms with Crippen molar-refractivity contribution >= 4 is 202 Å². The second-order valence-corrected chi connectivity index (χ2v) is 40.8. The van der Waals surface area contributed by atoms with Crippen LogP contribution in [0.1, 0.15) is 0 Å². The molecule has 118 heavy (non-hydrogen) atoms. The zero-order valence-corrected chi connectivity index (χ0v) is 74.8. The third-order valence-electron chi connectivity index (χ3n) is 15.1. The molecule has 0 saturated carbocycles. The van der Waals surface area contributed by atoms with Crippen molar-refractivity contribution in [2.75, 3.05) is 0 Å². The summed E-state index contributed by atoms with van der Waals surface area (Å²) in [4.78, 5) is 31.1. The van der Waals surface area contributed by atoms with Gasteiger partial charge in [0.2, 0.25) is 0 Å². The molecule has 46 heteroatoms. The molecule has 8 aromatic carbocycles. The van der Waals surface area contributed by atoms with Crippen molar-refractivity contribution in [3.8, 4) is 0 Å². The quantitative estimate of drug-likeness (QED) is 0.0636. The molecule has 8 aromatic heterocycles. The minimum atomic E-state index is -5.61. The van der Waals surface area contributed by atoms with Crippen LogP contribution >= 0.6 is 0 Å². The maximum atomic E-state index is 10.7. The fourth-order valence-electron chi connectivity index (χ4n) is 10.3. The topological polar surface area (TPSA) is 639 Å². The molecule has 0 aliphatic rings. The first-order valence-electron chi connectivity index (χ1n) is 31.4. The maximum absolute atomic E-state index is 10.7. The summed E-state index contributed by atoms with van der Waals surface area (Å²) in [6, 6.07) is 65.0. The molecule has 612 valence electrons. The number of hydrogen-bond donors (Lipinski definition) is 4. The van der Waals surface area contributed by atoms with Crippen LogP contribution in [0.4, 0.5) is 0 Å². The van der Waals surface area contributed by atoms with Crippen LogP contribution in [-0.4, -0.2) is 165 Å². The van der Waals surface area contributed by atoms with Gasteiger partial charge in [-0.1, -0.05) is 97.1 Å². The van der Waals surface area contributed by atoms with Gasteiger partial charge in [0.05, 0.1) is 44.1 Å². The molecule has 0 aliphatic heterocycles. The van der Waals surface area contributed by atoms with E-state index in [1.807, 2.05) is 48.5 Å². The van der Waals surface area contributed by atoms with Gasteiger partial charge in [-0.3, -0.25) is 39.9 Å². The zero-order chi connectivity index (χ0) is 81.5. The molecular weight excluding hydrogens is 2040 g/mol. The van der Waals surface area contributed by atoms with Crippen LogP contribution in [0, 0.1) is 0 Å². The van der Waals surface area contributed by atoms with Crippen LogP contribution in [0.3, 0.4) is 0 Å². The zero-order valence-electron chi connectivity index (χ0n) is 59.3. The van der Waals surface area contributed by atoms with Gasteiger partial charge in [0.15, 0.2) is 0 Å².